The standard InChI is InChI=1S/C35H16N2O7/c1-4-20-8-7-9-25(14-20)43-35(42)44-26-18-23(36-31(38)27-12-10-21(5-2)15-29(27)33(36)40)17-24(19-26)37-32(39)28-13-11-22(6-3)16-30(28)34(37)41/h1-3,7-19H. The molecule has 0 fully saturated rings. The van der Waals surface area contributed by atoms with Gasteiger partial charge in [-0.3, -0.25) is 19.2 Å². The van der Waals surface area contributed by atoms with Crippen molar-refractivity contribution >= 4 is 41.2 Å². The fourth-order valence-electron chi connectivity index (χ4n) is 4.88. The van der Waals surface area contributed by atoms with Crippen LogP contribution >= 0.6 is 0 Å². The van der Waals surface area contributed by atoms with Gasteiger partial charge in [0.1, 0.15) is 11.5 Å². The van der Waals surface area contributed by atoms with E-state index in [1.165, 1.54) is 66.7 Å². The summed E-state index contributed by atoms with van der Waals surface area (Å²) < 4.78 is 10.6. The summed E-state index contributed by atoms with van der Waals surface area (Å²) in [6.45, 7) is 0. The first-order valence-electron chi connectivity index (χ1n) is 12.8. The van der Waals surface area contributed by atoms with Crippen LogP contribution in [0.3, 0.4) is 0 Å². The van der Waals surface area contributed by atoms with Crippen molar-refractivity contribution in [2.24, 2.45) is 0 Å². The van der Waals surface area contributed by atoms with Crippen LogP contribution in [0.2, 0.25) is 0 Å². The van der Waals surface area contributed by atoms with Crippen LogP contribution < -0.4 is 19.3 Å². The van der Waals surface area contributed by atoms with Gasteiger partial charge in [-0.15, -0.1) is 19.3 Å². The van der Waals surface area contributed by atoms with E-state index < -0.39 is 29.8 Å². The second kappa shape index (κ2) is 10.5. The Morgan fingerprint density at radius 2 is 0.977 bits per heavy atom. The summed E-state index contributed by atoms with van der Waals surface area (Å²) in [6.07, 6.45) is 15.2. The van der Waals surface area contributed by atoms with Crippen molar-refractivity contribution in [2.75, 3.05) is 9.80 Å². The van der Waals surface area contributed by atoms with Crippen molar-refractivity contribution in [1.82, 2.24) is 0 Å². The number of fused-ring (bicyclic) bond motifs is 2. The molecule has 208 valence electrons. The Balaban J connectivity index is 1.42. The molecule has 0 radical (unpaired) electrons. The molecule has 0 spiro atoms. The molecule has 2 aliphatic heterocycles. The quantitative estimate of drug-likeness (QED) is 0.148. The summed E-state index contributed by atoms with van der Waals surface area (Å²) in [7, 11) is 0. The molecule has 0 aliphatic carbocycles. The lowest BCUT2D eigenvalue weighted by Gasteiger charge is -2.20. The molecule has 0 saturated carbocycles. The van der Waals surface area contributed by atoms with Crippen molar-refractivity contribution in [2.45, 2.75) is 0 Å². The number of carbonyl (C=O) groups excluding carboxylic acids is 5. The minimum atomic E-state index is -1.19. The summed E-state index contributed by atoms with van der Waals surface area (Å²) in [5.74, 6) is 4.32. The highest BCUT2D eigenvalue weighted by atomic mass is 16.7. The fourth-order valence-corrected chi connectivity index (χ4v) is 4.88. The van der Waals surface area contributed by atoms with E-state index >= 15 is 0 Å². The van der Waals surface area contributed by atoms with E-state index in [1.54, 1.807) is 12.1 Å². The van der Waals surface area contributed by atoms with E-state index in [-0.39, 0.29) is 45.1 Å². The van der Waals surface area contributed by atoms with E-state index in [9.17, 15) is 24.0 Å². The van der Waals surface area contributed by atoms with Crippen LogP contribution in [0.5, 0.6) is 11.5 Å². The minimum absolute atomic E-state index is 0.0636. The van der Waals surface area contributed by atoms with Crippen LogP contribution in [-0.2, 0) is 0 Å². The zero-order chi connectivity index (χ0) is 31.1. The molecular weight excluding hydrogens is 560 g/mol. The predicted molar refractivity (Wildman–Crippen MR) is 159 cm³/mol. The van der Waals surface area contributed by atoms with Gasteiger partial charge in [0.2, 0.25) is 0 Å². The van der Waals surface area contributed by atoms with Gasteiger partial charge in [-0.25, -0.2) is 14.6 Å². The Bertz CT molecular complexity index is 2010. The molecule has 0 unspecified atom stereocenters. The van der Waals surface area contributed by atoms with Gasteiger partial charge in [0, 0.05) is 28.8 Å². The fraction of sp³-hybridized carbons (Fsp3) is 0. The average Bonchev–Trinajstić information content (AvgIpc) is 3.43. The number of hydrogen-bond acceptors (Lipinski definition) is 7. The van der Waals surface area contributed by atoms with Crippen LogP contribution in [0.15, 0.2) is 78.9 Å². The molecule has 0 aromatic heterocycles. The normalized spacial score (nSPS) is 13.1. The van der Waals surface area contributed by atoms with Crippen molar-refractivity contribution < 1.29 is 33.4 Å². The summed E-state index contributed by atoms with van der Waals surface area (Å²) in [4.78, 5) is 68.1. The van der Waals surface area contributed by atoms with Crippen LogP contribution in [0, 0.1) is 37.0 Å². The molecule has 0 saturated heterocycles. The van der Waals surface area contributed by atoms with Crippen molar-refractivity contribution in [1.29, 1.82) is 0 Å². The molecule has 4 amide bonds. The maximum Gasteiger partial charge on any atom is 0.519 e. The molecule has 6 rings (SSSR count). The Kier molecular flexibility index (Phi) is 6.51. The maximum atomic E-state index is 13.4. The van der Waals surface area contributed by atoms with Gasteiger partial charge in [0.05, 0.1) is 33.6 Å². The number of imide groups is 2. The van der Waals surface area contributed by atoms with E-state index in [0.29, 0.717) is 16.7 Å². The molecule has 9 nitrogen and oxygen atoms in total. The minimum Gasteiger partial charge on any atom is -0.395 e. The van der Waals surface area contributed by atoms with Gasteiger partial charge in [0.15, 0.2) is 0 Å². The molecule has 2 aliphatic rings. The number of carbonyl (C=O) groups is 5. The Morgan fingerprint density at radius 3 is 1.48 bits per heavy atom. The van der Waals surface area contributed by atoms with Gasteiger partial charge in [0.25, 0.3) is 23.6 Å². The zero-order valence-electron chi connectivity index (χ0n) is 22.5. The number of amides is 4. The lowest BCUT2D eigenvalue weighted by Crippen LogP contribution is -2.32. The summed E-state index contributed by atoms with van der Waals surface area (Å²) in [5, 5.41) is 0. The number of terminal acetylenes is 3. The molecule has 0 bridgehead atoms. The third-order valence-corrected chi connectivity index (χ3v) is 6.90. The van der Waals surface area contributed by atoms with Crippen LogP contribution in [-0.4, -0.2) is 29.8 Å². The topological polar surface area (TPSA) is 110 Å². The lowest BCUT2D eigenvalue weighted by atomic mass is 10.1. The first kappa shape index (κ1) is 27.3. The smallest absolute Gasteiger partial charge is 0.395 e. The van der Waals surface area contributed by atoms with Crippen molar-refractivity contribution in [3.8, 4) is 48.5 Å². The predicted octanol–water partition coefficient (Wildman–Crippen LogP) is 4.81. The first-order chi connectivity index (χ1) is 21.2. The Morgan fingerprint density at radius 1 is 0.523 bits per heavy atom. The average molecular weight is 577 g/mol. The monoisotopic (exact) mass is 576 g/mol. The highest BCUT2D eigenvalue weighted by molar-refractivity contribution is 6.36. The van der Waals surface area contributed by atoms with E-state index in [1.807, 2.05) is 0 Å². The first-order valence-corrected chi connectivity index (χ1v) is 12.8. The number of hydrogen-bond donors (Lipinski definition) is 0. The summed E-state index contributed by atoms with van der Waals surface area (Å²) in [6, 6.07) is 18.6. The molecule has 0 N–H and O–H groups in total. The third-order valence-electron chi connectivity index (χ3n) is 6.90. The van der Waals surface area contributed by atoms with Gasteiger partial charge < -0.3 is 9.47 Å². The maximum absolute atomic E-state index is 13.4. The van der Waals surface area contributed by atoms with Crippen LogP contribution in [0.1, 0.15) is 58.1 Å². The van der Waals surface area contributed by atoms with Crippen LogP contribution in [0.4, 0.5) is 16.2 Å². The lowest BCUT2D eigenvalue weighted by molar-refractivity contribution is 0.0912. The van der Waals surface area contributed by atoms with E-state index in [0.717, 1.165) is 9.80 Å². The van der Waals surface area contributed by atoms with Gasteiger partial charge in [-0.2, -0.15) is 0 Å². The van der Waals surface area contributed by atoms with E-state index in [2.05, 4.69) is 17.8 Å². The third kappa shape index (κ3) is 4.52. The number of ether oxygens (including phenoxy) is 2. The zero-order valence-corrected chi connectivity index (χ0v) is 22.5. The molecule has 9 heteroatoms. The number of benzene rings is 4. The molecular formula is C35H16N2O7. The van der Waals surface area contributed by atoms with Gasteiger partial charge >= 0.3 is 6.16 Å². The van der Waals surface area contributed by atoms with E-state index in [4.69, 9.17) is 28.7 Å². The summed E-state index contributed by atoms with van der Waals surface area (Å²) in [5.41, 5.74) is 1.37. The highest BCUT2D eigenvalue weighted by Crippen LogP contribution is 2.38. The van der Waals surface area contributed by atoms with Crippen LogP contribution in [0.25, 0.3) is 0 Å². The van der Waals surface area contributed by atoms with Gasteiger partial charge in [-0.05, 0) is 60.7 Å². The molecule has 2 heterocycles. The number of anilines is 2. The largest absolute Gasteiger partial charge is 0.519 e. The molecule has 44 heavy (non-hydrogen) atoms. The van der Waals surface area contributed by atoms with Gasteiger partial charge in [-0.1, -0.05) is 23.8 Å². The second-order valence-electron chi connectivity index (χ2n) is 9.51. The van der Waals surface area contributed by atoms with Crippen molar-refractivity contribution in [3.63, 3.8) is 0 Å². The molecule has 0 atom stereocenters. The Labute approximate surface area is 250 Å². The second-order valence-corrected chi connectivity index (χ2v) is 9.51. The molecule has 4 aromatic carbocycles. The molecule has 4 aromatic rings. The highest BCUT2D eigenvalue weighted by Gasteiger charge is 2.40. The summed E-state index contributed by atoms with van der Waals surface area (Å²) >= 11 is 0. The number of nitrogens with zero attached hydrogens (tertiary/aromatic N) is 2. The Hall–Kier alpha value is -6.89. The SMILES string of the molecule is C#Cc1cccc(OC(=O)Oc2cc(N3C(=O)c4ccc(C#C)cc4C3=O)cc(N3C(=O)c4ccc(C#C)cc4C3=O)c2)c1. The van der Waals surface area contributed by atoms with Crippen molar-refractivity contribution in [3.05, 3.63) is 118 Å². The number of rotatable bonds is 4.